The van der Waals surface area contributed by atoms with Gasteiger partial charge in [0.2, 0.25) is 0 Å². The maximum absolute atomic E-state index is 13.0. The number of benzene rings is 2. The third kappa shape index (κ3) is 3.69. The summed E-state index contributed by atoms with van der Waals surface area (Å²) in [5, 5.41) is 12.4. The predicted octanol–water partition coefficient (Wildman–Crippen LogP) is 2.43. The van der Waals surface area contributed by atoms with Gasteiger partial charge in [0.15, 0.2) is 5.78 Å². The molecule has 2 heterocycles. The highest BCUT2D eigenvalue weighted by molar-refractivity contribution is 6.11. The SMILES string of the molecule is CN1C(=C(C#N)C(=O)CN2C(=O)N[C@H](CCc3ccccc3)C2=O)N(C)c2ccccc21. The lowest BCUT2D eigenvalue weighted by Gasteiger charge is -2.20. The Balaban J connectivity index is 1.49. The van der Waals surface area contributed by atoms with Crippen molar-refractivity contribution in [1.29, 1.82) is 5.26 Å². The van der Waals surface area contributed by atoms with Gasteiger partial charge in [-0.1, -0.05) is 42.5 Å². The van der Waals surface area contributed by atoms with E-state index in [1.807, 2.05) is 60.7 Å². The van der Waals surface area contributed by atoms with Gasteiger partial charge in [0.05, 0.1) is 17.9 Å². The van der Waals surface area contributed by atoms with Gasteiger partial charge >= 0.3 is 6.03 Å². The summed E-state index contributed by atoms with van der Waals surface area (Å²) in [5.74, 6) is -0.606. The Bertz CT molecular complexity index is 1120. The van der Waals surface area contributed by atoms with E-state index in [0.717, 1.165) is 21.8 Å². The predicted molar refractivity (Wildman–Crippen MR) is 120 cm³/mol. The lowest BCUT2D eigenvalue weighted by Crippen LogP contribution is -2.38. The minimum Gasteiger partial charge on any atom is -0.328 e. The number of aryl methyl sites for hydroxylation is 1. The van der Waals surface area contributed by atoms with Gasteiger partial charge < -0.3 is 15.1 Å². The van der Waals surface area contributed by atoms with Crippen LogP contribution in [-0.2, 0) is 16.0 Å². The van der Waals surface area contributed by atoms with Gasteiger partial charge in [-0.3, -0.25) is 14.5 Å². The molecule has 2 aliphatic heterocycles. The summed E-state index contributed by atoms with van der Waals surface area (Å²) in [7, 11) is 3.55. The van der Waals surface area contributed by atoms with E-state index in [9.17, 15) is 19.6 Å². The number of para-hydroxylation sites is 2. The molecule has 0 unspecified atom stereocenters. The Hall–Kier alpha value is -4.12. The van der Waals surface area contributed by atoms with Crippen molar-refractivity contribution in [2.24, 2.45) is 0 Å². The van der Waals surface area contributed by atoms with Crippen LogP contribution < -0.4 is 15.1 Å². The molecule has 0 aliphatic carbocycles. The first-order chi connectivity index (χ1) is 15.4. The van der Waals surface area contributed by atoms with Gasteiger partial charge in [0.1, 0.15) is 23.5 Å². The zero-order valence-electron chi connectivity index (χ0n) is 17.9. The van der Waals surface area contributed by atoms with Crippen LogP contribution in [0, 0.1) is 11.3 Å². The molecule has 0 bridgehead atoms. The van der Waals surface area contributed by atoms with E-state index in [4.69, 9.17) is 0 Å². The van der Waals surface area contributed by atoms with E-state index in [1.54, 1.807) is 23.9 Å². The van der Waals surface area contributed by atoms with Gasteiger partial charge in [0.25, 0.3) is 5.91 Å². The zero-order chi connectivity index (χ0) is 22.8. The first-order valence-corrected chi connectivity index (χ1v) is 10.3. The Labute approximate surface area is 186 Å². The first kappa shape index (κ1) is 21.1. The van der Waals surface area contributed by atoms with Crippen molar-refractivity contribution in [3.63, 3.8) is 0 Å². The summed E-state index contributed by atoms with van der Waals surface area (Å²) in [5.41, 5.74) is 2.69. The number of nitriles is 1. The smallest absolute Gasteiger partial charge is 0.325 e. The molecule has 1 saturated heterocycles. The van der Waals surface area contributed by atoms with E-state index in [2.05, 4.69) is 5.32 Å². The molecule has 0 saturated carbocycles. The van der Waals surface area contributed by atoms with Crippen molar-refractivity contribution in [1.82, 2.24) is 10.2 Å². The molecule has 0 spiro atoms. The van der Waals surface area contributed by atoms with E-state index in [-0.39, 0.29) is 5.57 Å². The second-order valence-electron chi connectivity index (χ2n) is 7.79. The van der Waals surface area contributed by atoms with E-state index in [1.165, 1.54) is 0 Å². The molecule has 0 aromatic heterocycles. The van der Waals surface area contributed by atoms with Crippen LogP contribution in [0.15, 0.2) is 66.0 Å². The highest BCUT2D eigenvalue weighted by Gasteiger charge is 2.40. The van der Waals surface area contributed by atoms with Crippen molar-refractivity contribution in [3.05, 3.63) is 71.6 Å². The molecule has 1 fully saturated rings. The van der Waals surface area contributed by atoms with E-state index >= 15 is 0 Å². The molecule has 32 heavy (non-hydrogen) atoms. The second-order valence-corrected chi connectivity index (χ2v) is 7.79. The third-order valence-corrected chi connectivity index (χ3v) is 5.83. The van der Waals surface area contributed by atoms with Gasteiger partial charge in [-0.15, -0.1) is 0 Å². The Morgan fingerprint density at radius 3 is 2.19 bits per heavy atom. The fraction of sp³-hybridized carbons (Fsp3) is 0.250. The maximum atomic E-state index is 13.0. The van der Waals surface area contributed by atoms with Crippen LogP contribution in [0.5, 0.6) is 0 Å². The molecule has 1 atom stereocenters. The number of Topliss-reactive ketones (excluding diaryl/α,β-unsaturated/α-hetero) is 1. The van der Waals surface area contributed by atoms with E-state index in [0.29, 0.717) is 18.7 Å². The Kier molecular flexibility index (Phi) is 5.65. The second kappa shape index (κ2) is 8.55. The number of urea groups is 1. The summed E-state index contributed by atoms with van der Waals surface area (Å²) >= 11 is 0. The van der Waals surface area contributed by atoms with Crippen LogP contribution in [0.1, 0.15) is 12.0 Å². The monoisotopic (exact) mass is 429 g/mol. The summed E-state index contributed by atoms with van der Waals surface area (Å²) in [4.78, 5) is 42.6. The molecule has 8 nitrogen and oxygen atoms in total. The molecule has 2 aromatic rings. The van der Waals surface area contributed by atoms with Crippen molar-refractivity contribution in [2.45, 2.75) is 18.9 Å². The number of rotatable bonds is 6. The lowest BCUT2D eigenvalue weighted by atomic mass is 10.1. The quantitative estimate of drug-likeness (QED) is 0.430. The fourth-order valence-electron chi connectivity index (χ4n) is 4.16. The fourth-order valence-corrected chi connectivity index (χ4v) is 4.16. The molecule has 1 N–H and O–H groups in total. The number of carbonyl (C=O) groups excluding carboxylic acids is 3. The summed E-state index contributed by atoms with van der Waals surface area (Å²) in [6, 6.07) is 17.9. The van der Waals surface area contributed by atoms with Gasteiger partial charge in [-0.25, -0.2) is 4.79 Å². The van der Waals surface area contributed by atoms with Crippen LogP contribution in [0.3, 0.4) is 0 Å². The van der Waals surface area contributed by atoms with Crippen molar-refractivity contribution in [2.75, 3.05) is 30.4 Å². The first-order valence-electron chi connectivity index (χ1n) is 10.3. The minimum atomic E-state index is -0.685. The van der Waals surface area contributed by atoms with Gasteiger partial charge in [0, 0.05) is 14.1 Å². The number of nitrogens with one attached hydrogen (secondary N) is 1. The van der Waals surface area contributed by atoms with Crippen LogP contribution in [0.25, 0.3) is 0 Å². The number of imide groups is 1. The molecular weight excluding hydrogens is 406 g/mol. The number of hydrogen-bond acceptors (Lipinski definition) is 6. The number of ketones is 1. The minimum absolute atomic E-state index is 0.0977. The van der Waals surface area contributed by atoms with E-state index < -0.39 is 30.3 Å². The van der Waals surface area contributed by atoms with Crippen LogP contribution in [0.4, 0.5) is 16.2 Å². The number of hydrogen-bond donors (Lipinski definition) is 1. The molecule has 4 rings (SSSR count). The standard InChI is InChI=1S/C24H23N5O3/c1-27-19-10-6-7-11-20(19)28(2)22(27)17(14-25)21(30)15-29-23(31)18(26-24(29)32)13-12-16-8-4-3-5-9-16/h3-11,18H,12-13,15H2,1-2H3,(H,26,32)/t18-/m1/s1. The maximum Gasteiger partial charge on any atom is 0.325 e. The van der Waals surface area contributed by atoms with Crippen molar-refractivity contribution < 1.29 is 14.4 Å². The number of carbonyl (C=O) groups is 3. The average molecular weight is 429 g/mol. The molecule has 2 aromatic carbocycles. The van der Waals surface area contributed by atoms with Crippen LogP contribution in [0.2, 0.25) is 0 Å². The molecule has 3 amide bonds. The largest absolute Gasteiger partial charge is 0.328 e. The van der Waals surface area contributed by atoms with Crippen LogP contribution in [-0.4, -0.2) is 49.3 Å². The highest BCUT2D eigenvalue weighted by Crippen LogP contribution is 2.40. The van der Waals surface area contributed by atoms with Gasteiger partial charge in [-0.05, 0) is 30.5 Å². The van der Waals surface area contributed by atoms with Crippen molar-refractivity contribution in [3.8, 4) is 6.07 Å². The number of amides is 3. The zero-order valence-corrected chi connectivity index (χ0v) is 17.9. The summed E-state index contributed by atoms with van der Waals surface area (Å²) in [6.07, 6.45) is 1.06. The highest BCUT2D eigenvalue weighted by atomic mass is 16.2. The number of nitrogens with zero attached hydrogens (tertiary/aromatic N) is 4. The Morgan fingerprint density at radius 1 is 1.00 bits per heavy atom. The topological polar surface area (TPSA) is 96.7 Å². The normalized spacial score (nSPS) is 17.3. The molecule has 8 heteroatoms. The summed E-state index contributed by atoms with van der Waals surface area (Å²) in [6.45, 7) is -0.475. The third-order valence-electron chi connectivity index (χ3n) is 5.83. The Morgan fingerprint density at radius 2 is 1.59 bits per heavy atom. The lowest BCUT2D eigenvalue weighted by molar-refractivity contribution is -0.130. The number of fused-ring (bicyclic) bond motifs is 1. The number of anilines is 2. The molecule has 0 radical (unpaired) electrons. The van der Waals surface area contributed by atoms with Crippen LogP contribution >= 0.6 is 0 Å². The average Bonchev–Trinajstić information content (AvgIpc) is 3.22. The molecule has 162 valence electrons. The molecule has 2 aliphatic rings. The van der Waals surface area contributed by atoms with Gasteiger partial charge in [-0.2, -0.15) is 5.26 Å². The molecular formula is C24H23N5O3. The summed E-state index contributed by atoms with van der Waals surface area (Å²) < 4.78 is 0. The van der Waals surface area contributed by atoms with Crippen molar-refractivity contribution >= 4 is 29.1 Å².